The number of amides is 1. The standard InChI is InChI=1S/C21H23F2NO3/c22-17-4-2-16(3-5-17)14-20(25)24-12-1-10-21(26,11-13-24)15-27-19-8-6-18(23)7-9-19/h2-9,26H,1,10-15H2. The van der Waals surface area contributed by atoms with Gasteiger partial charge in [-0.15, -0.1) is 0 Å². The Balaban J connectivity index is 1.53. The Labute approximate surface area is 157 Å². The maximum atomic E-state index is 13.0. The highest BCUT2D eigenvalue weighted by Crippen LogP contribution is 2.24. The van der Waals surface area contributed by atoms with E-state index < -0.39 is 5.60 Å². The summed E-state index contributed by atoms with van der Waals surface area (Å²) in [5, 5.41) is 10.8. The van der Waals surface area contributed by atoms with Crippen molar-refractivity contribution in [3.8, 4) is 5.75 Å². The van der Waals surface area contributed by atoms with Crippen molar-refractivity contribution in [1.82, 2.24) is 4.90 Å². The fourth-order valence-electron chi connectivity index (χ4n) is 3.21. The van der Waals surface area contributed by atoms with E-state index in [0.717, 1.165) is 5.56 Å². The lowest BCUT2D eigenvalue weighted by molar-refractivity contribution is -0.130. The zero-order valence-electron chi connectivity index (χ0n) is 15.0. The predicted octanol–water partition coefficient (Wildman–Crippen LogP) is 3.33. The highest BCUT2D eigenvalue weighted by Gasteiger charge is 2.32. The van der Waals surface area contributed by atoms with Crippen LogP contribution in [-0.2, 0) is 11.2 Å². The third-order valence-corrected chi connectivity index (χ3v) is 4.86. The Bertz CT molecular complexity index is 764. The average Bonchev–Trinajstić information content (AvgIpc) is 2.85. The molecule has 144 valence electrons. The minimum absolute atomic E-state index is 0.0367. The van der Waals surface area contributed by atoms with E-state index in [4.69, 9.17) is 4.74 Å². The number of aliphatic hydroxyl groups is 1. The van der Waals surface area contributed by atoms with E-state index in [1.165, 1.54) is 36.4 Å². The smallest absolute Gasteiger partial charge is 0.226 e. The summed E-state index contributed by atoms with van der Waals surface area (Å²) in [6, 6.07) is 11.6. The zero-order chi connectivity index (χ0) is 19.3. The second-order valence-electron chi connectivity index (χ2n) is 7.00. The summed E-state index contributed by atoms with van der Waals surface area (Å²) in [5.74, 6) is -0.207. The molecule has 1 N–H and O–H groups in total. The summed E-state index contributed by atoms with van der Waals surface area (Å²) in [6.07, 6.45) is 1.81. The monoisotopic (exact) mass is 375 g/mol. The number of carbonyl (C=O) groups excluding carboxylic acids is 1. The normalized spacial score (nSPS) is 20.2. The van der Waals surface area contributed by atoms with Gasteiger partial charge in [-0.25, -0.2) is 8.78 Å². The SMILES string of the molecule is O=C(Cc1ccc(F)cc1)N1CCCC(O)(COc2ccc(F)cc2)CC1. The lowest BCUT2D eigenvalue weighted by atomic mass is 9.96. The van der Waals surface area contributed by atoms with Crippen LogP contribution < -0.4 is 4.74 Å². The molecule has 27 heavy (non-hydrogen) atoms. The minimum atomic E-state index is -1.03. The van der Waals surface area contributed by atoms with Gasteiger partial charge in [0, 0.05) is 13.1 Å². The number of halogens is 2. The van der Waals surface area contributed by atoms with Gasteiger partial charge >= 0.3 is 0 Å². The Morgan fingerprint density at radius 3 is 2.30 bits per heavy atom. The van der Waals surface area contributed by atoms with Crippen LogP contribution in [0.25, 0.3) is 0 Å². The van der Waals surface area contributed by atoms with Crippen LogP contribution in [0, 0.1) is 11.6 Å². The fraction of sp³-hybridized carbons (Fsp3) is 0.381. The number of carbonyl (C=O) groups is 1. The van der Waals surface area contributed by atoms with Gasteiger partial charge in [0.05, 0.1) is 6.42 Å². The average molecular weight is 375 g/mol. The van der Waals surface area contributed by atoms with Crippen molar-refractivity contribution >= 4 is 5.91 Å². The number of hydrogen-bond donors (Lipinski definition) is 1. The molecule has 1 unspecified atom stereocenters. The zero-order valence-corrected chi connectivity index (χ0v) is 15.0. The molecule has 2 aromatic rings. The summed E-state index contributed by atoms with van der Waals surface area (Å²) < 4.78 is 31.5. The summed E-state index contributed by atoms with van der Waals surface area (Å²) in [7, 11) is 0. The first-order valence-corrected chi connectivity index (χ1v) is 9.07. The van der Waals surface area contributed by atoms with Gasteiger partial charge in [0.25, 0.3) is 0 Å². The second kappa shape index (κ2) is 8.48. The van der Waals surface area contributed by atoms with E-state index in [-0.39, 0.29) is 30.6 Å². The Morgan fingerprint density at radius 1 is 1.00 bits per heavy atom. The van der Waals surface area contributed by atoms with E-state index in [2.05, 4.69) is 0 Å². The molecule has 0 spiro atoms. The molecule has 0 bridgehead atoms. The molecule has 1 heterocycles. The molecule has 2 aromatic carbocycles. The minimum Gasteiger partial charge on any atom is -0.491 e. The van der Waals surface area contributed by atoms with Gasteiger partial charge in [0.1, 0.15) is 29.6 Å². The molecule has 1 saturated heterocycles. The first kappa shape index (κ1) is 19.3. The molecular weight excluding hydrogens is 352 g/mol. The molecule has 0 radical (unpaired) electrons. The Morgan fingerprint density at radius 2 is 1.63 bits per heavy atom. The van der Waals surface area contributed by atoms with E-state index in [9.17, 15) is 18.7 Å². The van der Waals surface area contributed by atoms with Crippen LogP contribution in [0.15, 0.2) is 48.5 Å². The van der Waals surface area contributed by atoms with Crippen molar-refractivity contribution in [2.45, 2.75) is 31.3 Å². The molecule has 1 amide bonds. The Kier molecular flexibility index (Phi) is 6.06. The molecular formula is C21H23F2NO3. The highest BCUT2D eigenvalue weighted by molar-refractivity contribution is 5.78. The van der Waals surface area contributed by atoms with E-state index in [0.29, 0.717) is 38.1 Å². The van der Waals surface area contributed by atoms with Crippen LogP contribution in [0.5, 0.6) is 5.75 Å². The van der Waals surface area contributed by atoms with E-state index in [1.807, 2.05) is 0 Å². The first-order valence-electron chi connectivity index (χ1n) is 9.07. The molecule has 1 aliphatic rings. The number of nitrogens with zero attached hydrogens (tertiary/aromatic N) is 1. The molecule has 1 atom stereocenters. The largest absolute Gasteiger partial charge is 0.491 e. The topological polar surface area (TPSA) is 49.8 Å². The van der Waals surface area contributed by atoms with E-state index in [1.54, 1.807) is 17.0 Å². The van der Waals surface area contributed by atoms with Crippen molar-refractivity contribution in [1.29, 1.82) is 0 Å². The lowest BCUT2D eigenvalue weighted by Crippen LogP contribution is -2.38. The van der Waals surface area contributed by atoms with Crippen molar-refractivity contribution in [2.24, 2.45) is 0 Å². The summed E-state index contributed by atoms with van der Waals surface area (Å²) in [4.78, 5) is 14.2. The fourth-order valence-corrected chi connectivity index (χ4v) is 3.21. The van der Waals surface area contributed by atoms with E-state index >= 15 is 0 Å². The third kappa shape index (κ3) is 5.50. The molecule has 3 rings (SSSR count). The van der Waals surface area contributed by atoms with Crippen LogP contribution in [0.3, 0.4) is 0 Å². The van der Waals surface area contributed by atoms with Crippen LogP contribution in [0.4, 0.5) is 8.78 Å². The van der Waals surface area contributed by atoms with Crippen LogP contribution in [-0.4, -0.2) is 41.2 Å². The second-order valence-corrected chi connectivity index (χ2v) is 7.00. The van der Waals surface area contributed by atoms with Crippen molar-refractivity contribution < 1.29 is 23.4 Å². The molecule has 0 saturated carbocycles. The van der Waals surface area contributed by atoms with Gasteiger partial charge in [0.15, 0.2) is 0 Å². The maximum Gasteiger partial charge on any atom is 0.226 e. The predicted molar refractivity (Wildman–Crippen MR) is 97.4 cm³/mol. The van der Waals surface area contributed by atoms with Gasteiger partial charge in [-0.1, -0.05) is 12.1 Å². The first-order chi connectivity index (χ1) is 12.9. The molecule has 4 nitrogen and oxygen atoms in total. The van der Waals surface area contributed by atoms with Crippen molar-refractivity contribution in [2.75, 3.05) is 19.7 Å². The Hall–Kier alpha value is -2.47. The molecule has 6 heteroatoms. The maximum absolute atomic E-state index is 13.0. The van der Waals surface area contributed by atoms with Gasteiger partial charge < -0.3 is 14.7 Å². The number of likely N-dealkylation sites (tertiary alicyclic amines) is 1. The van der Waals surface area contributed by atoms with Crippen molar-refractivity contribution in [3.05, 3.63) is 65.7 Å². The number of ether oxygens (including phenoxy) is 1. The number of rotatable bonds is 5. The number of benzene rings is 2. The molecule has 1 aliphatic heterocycles. The van der Waals surface area contributed by atoms with Crippen LogP contribution in [0.2, 0.25) is 0 Å². The molecule has 0 aromatic heterocycles. The summed E-state index contributed by atoms with van der Waals surface area (Å²) in [6.45, 7) is 1.10. The van der Waals surface area contributed by atoms with Gasteiger partial charge in [-0.3, -0.25) is 4.79 Å². The highest BCUT2D eigenvalue weighted by atomic mass is 19.1. The van der Waals surface area contributed by atoms with Gasteiger partial charge in [-0.05, 0) is 61.2 Å². The lowest BCUT2D eigenvalue weighted by Gasteiger charge is -2.27. The number of hydrogen-bond acceptors (Lipinski definition) is 3. The summed E-state index contributed by atoms with van der Waals surface area (Å²) >= 11 is 0. The molecule has 0 aliphatic carbocycles. The van der Waals surface area contributed by atoms with Crippen molar-refractivity contribution in [3.63, 3.8) is 0 Å². The quantitative estimate of drug-likeness (QED) is 0.872. The van der Waals surface area contributed by atoms with Gasteiger partial charge in [-0.2, -0.15) is 0 Å². The van der Waals surface area contributed by atoms with Crippen LogP contribution in [0.1, 0.15) is 24.8 Å². The van der Waals surface area contributed by atoms with Crippen LogP contribution >= 0.6 is 0 Å². The molecule has 1 fully saturated rings. The summed E-state index contributed by atoms with van der Waals surface area (Å²) in [5.41, 5.74) is -0.264. The third-order valence-electron chi connectivity index (χ3n) is 4.86. The van der Waals surface area contributed by atoms with Gasteiger partial charge in [0.2, 0.25) is 5.91 Å².